The molecule has 0 radical (unpaired) electrons. The summed E-state index contributed by atoms with van der Waals surface area (Å²) >= 11 is 0. The highest BCUT2D eigenvalue weighted by atomic mass is 16.5. The van der Waals surface area contributed by atoms with E-state index in [1.54, 1.807) is 18.6 Å². The first-order valence-corrected chi connectivity index (χ1v) is 10.8. The predicted molar refractivity (Wildman–Crippen MR) is 111 cm³/mol. The van der Waals surface area contributed by atoms with Gasteiger partial charge in [0.1, 0.15) is 5.76 Å². The zero-order valence-electron chi connectivity index (χ0n) is 18.2. The van der Waals surface area contributed by atoms with Crippen molar-refractivity contribution >= 4 is 11.8 Å². The molecule has 2 saturated heterocycles. The van der Waals surface area contributed by atoms with Crippen LogP contribution in [-0.4, -0.2) is 68.6 Å². The highest BCUT2D eigenvalue weighted by molar-refractivity contribution is 5.77. The fourth-order valence-corrected chi connectivity index (χ4v) is 4.38. The maximum atomic E-state index is 12.7. The van der Waals surface area contributed by atoms with Crippen molar-refractivity contribution in [1.29, 1.82) is 0 Å². The van der Waals surface area contributed by atoms with Crippen molar-refractivity contribution < 1.29 is 18.8 Å². The number of piperidine rings is 1. The lowest BCUT2D eigenvalue weighted by atomic mass is 9.90. The monoisotopic (exact) mass is 427 g/mol. The minimum absolute atomic E-state index is 0.0827. The van der Waals surface area contributed by atoms with Gasteiger partial charge in [0.25, 0.3) is 0 Å². The number of amides is 2. The second-order valence-electron chi connectivity index (χ2n) is 8.41. The number of aromatic nitrogens is 3. The number of hydrogen-bond acceptors (Lipinski definition) is 7. The molecule has 1 spiro atoms. The molecule has 2 amide bonds. The van der Waals surface area contributed by atoms with Crippen molar-refractivity contribution in [2.45, 2.75) is 58.1 Å². The maximum absolute atomic E-state index is 12.7. The zero-order valence-corrected chi connectivity index (χ0v) is 18.2. The Morgan fingerprint density at radius 1 is 1.23 bits per heavy atom. The summed E-state index contributed by atoms with van der Waals surface area (Å²) in [5, 5.41) is 4.01. The normalized spacial score (nSPS) is 19.0. The molecule has 0 aromatic carbocycles. The molecule has 0 bridgehead atoms. The fraction of sp³-hybridized carbons (Fsp3) is 0.591. The third kappa shape index (κ3) is 4.92. The molecule has 0 atom stereocenters. The van der Waals surface area contributed by atoms with Crippen LogP contribution in [0.3, 0.4) is 0 Å². The molecule has 2 aromatic heterocycles. The van der Waals surface area contributed by atoms with Crippen LogP contribution < -0.4 is 0 Å². The van der Waals surface area contributed by atoms with Crippen molar-refractivity contribution in [2.75, 3.05) is 26.2 Å². The van der Waals surface area contributed by atoms with Gasteiger partial charge in [0.2, 0.25) is 11.8 Å². The minimum Gasteiger partial charge on any atom is -0.372 e. The number of hydrogen-bond donors (Lipinski definition) is 0. The average Bonchev–Trinajstić information content (AvgIpc) is 3.01. The SMILES string of the molecule is Cc1noc(C)c1CN1CC2(CCN(C(=O)CCc3cnccn3)CC2)OCCC1=O. The molecule has 4 rings (SSSR count). The van der Waals surface area contributed by atoms with E-state index in [0.29, 0.717) is 52.0 Å². The van der Waals surface area contributed by atoms with Crippen LogP contribution in [0.25, 0.3) is 0 Å². The summed E-state index contributed by atoms with van der Waals surface area (Å²) in [6.45, 7) is 6.45. The van der Waals surface area contributed by atoms with Crippen molar-refractivity contribution in [1.82, 2.24) is 24.9 Å². The largest absolute Gasteiger partial charge is 0.372 e. The van der Waals surface area contributed by atoms with E-state index in [0.717, 1.165) is 35.6 Å². The van der Waals surface area contributed by atoms with Gasteiger partial charge in [-0.3, -0.25) is 19.6 Å². The Labute approximate surface area is 181 Å². The topological polar surface area (TPSA) is 102 Å². The molecule has 0 aliphatic carbocycles. The van der Waals surface area contributed by atoms with Crippen LogP contribution in [0.2, 0.25) is 0 Å². The van der Waals surface area contributed by atoms with E-state index in [4.69, 9.17) is 9.26 Å². The lowest BCUT2D eigenvalue weighted by Crippen LogP contribution is -2.53. The highest BCUT2D eigenvalue weighted by Crippen LogP contribution is 2.31. The summed E-state index contributed by atoms with van der Waals surface area (Å²) < 4.78 is 11.5. The lowest BCUT2D eigenvalue weighted by molar-refractivity contribution is -0.140. The molecule has 0 unspecified atom stereocenters. The van der Waals surface area contributed by atoms with Gasteiger partial charge >= 0.3 is 0 Å². The third-order valence-corrected chi connectivity index (χ3v) is 6.33. The van der Waals surface area contributed by atoms with Crippen molar-refractivity contribution in [2.24, 2.45) is 0 Å². The summed E-state index contributed by atoms with van der Waals surface area (Å²) in [6, 6.07) is 0. The molecule has 4 heterocycles. The van der Waals surface area contributed by atoms with Crippen LogP contribution in [0.1, 0.15) is 48.4 Å². The van der Waals surface area contributed by atoms with Crippen LogP contribution in [0.5, 0.6) is 0 Å². The van der Waals surface area contributed by atoms with E-state index in [1.165, 1.54) is 0 Å². The van der Waals surface area contributed by atoms with Gasteiger partial charge in [-0.2, -0.15) is 0 Å². The quantitative estimate of drug-likeness (QED) is 0.717. The predicted octanol–water partition coefficient (Wildman–Crippen LogP) is 1.82. The van der Waals surface area contributed by atoms with Crippen LogP contribution in [0.4, 0.5) is 0 Å². The Kier molecular flexibility index (Phi) is 6.31. The van der Waals surface area contributed by atoms with Gasteiger partial charge in [-0.25, -0.2) is 0 Å². The number of ether oxygens (including phenoxy) is 1. The van der Waals surface area contributed by atoms with E-state index in [-0.39, 0.29) is 11.8 Å². The number of aryl methyl sites for hydroxylation is 3. The number of carbonyl (C=O) groups excluding carboxylic acids is 2. The lowest BCUT2D eigenvalue weighted by Gasteiger charge is -2.42. The molecular weight excluding hydrogens is 398 g/mol. The molecule has 9 heteroatoms. The van der Waals surface area contributed by atoms with E-state index in [2.05, 4.69) is 15.1 Å². The van der Waals surface area contributed by atoms with E-state index in [1.807, 2.05) is 23.6 Å². The number of rotatable bonds is 5. The first-order valence-electron chi connectivity index (χ1n) is 10.8. The Hall–Kier alpha value is -2.81. The first-order chi connectivity index (χ1) is 15.0. The van der Waals surface area contributed by atoms with Gasteiger partial charge in [-0.1, -0.05) is 5.16 Å². The molecule has 9 nitrogen and oxygen atoms in total. The molecule has 2 aromatic rings. The van der Waals surface area contributed by atoms with Crippen molar-refractivity contribution in [3.05, 3.63) is 41.3 Å². The maximum Gasteiger partial charge on any atom is 0.225 e. The highest BCUT2D eigenvalue weighted by Gasteiger charge is 2.41. The Morgan fingerprint density at radius 3 is 2.71 bits per heavy atom. The standard InChI is InChI=1S/C22H29N5O4/c1-16-19(17(2)31-25-16)14-27-15-22(30-12-5-21(27)29)6-10-26(11-7-22)20(28)4-3-18-13-23-8-9-24-18/h8-9,13H,3-7,10-12,14-15H2,1-2H3. The van der Waals surface area contributed by atoms with E-state index in [9.17, 15) is 9.59 Å². The third-order valence-electron chi connectivity index (χ3n) is 6.33. The van der Waals surface area contributed by atoms with Gasteiger partial charge in [0.05, 0.1) is 43.1 Å². The van der Waals surface area contributed by atoms with Crippen LogP contribution in [-0.2, 0) is 27.3 Å². The molecule has 0 saturated carbocycles. The molecule has 2 fully saturated rings. The summed E-state index contributed by atoms with van der Waals surface area (Å²) in [5.74, 6) is 0.949. The molecular formula is C22H29N5O4. The van der Waals surface area contributed by atoms with Crippen molar-refractivity contribution in [3.8, 4) is 0 Å². The molecule has 166 valence electrons. The van der Waals surface area contributed by atoms with E-state index >= 15 is 0 Å². The summed E-state index contributed by atoms with van der Waals surface area (Å²) in [7, 11) is 0. The fourth-order valence-electron chi connectivity index (χ4n) is 4.38. The summed E-state index contributed by atoms with van der Waals surface area (Å²) in [4.78, 5) is 37.4. The summed E-state index contributed by atoms with van der Waals surface area (Å²) in [6.07, 6.45) is 7.78. The second kappa shape index (κ2) is 9.13. The zero-order chi connectivity index (χ0) is 21.8. The Bertz CT molecular complexity index is 902. The van der Waals surface area contributed by atoms with Crippen LogP contribution in [0.15, 0.2) is 23.1 Å². The second-order valence-corrected chi connectivity index (χ2v) is 8.41. The Morgan fingerprint density at radius 2 is 2.03 bits per heavy atom. The average molecular weight is 428 g/mol. The van der Waals surface area contributed by atoms with Gasteiger partial charge < -0.3 is 19.1 Å². The first kappa shape index (κ1) is 21.4. The Balaban J connectivity index is 1.36. The smallest absolute Gasteiger partial charge is 0.225 e. The number of likely N-dealkylation sites (tertiary alicyclic amines) is 1. The number of nitrogens with zero attached hydrogens (tertiary/aromatic N) is 5. The van der Waals surface area contributed by atoms with Crippen molar-refractivity contribution in [3.63, 3.8) is 0 Å². The van der Waals surface area contributed by atoms with Gasteiger partial charge in [-0.15, -0.1) is 0 Å². The molecule has 2 aliphatic heterocycles. The van der Waals surface area contributed by atoms with Gasteiger partial charge in [0.15, 0.2) is 0 Å². The summed E-state index contributed by atoms with van der Waals surface area (Å²) in [5.41, 5.74) is 2.19. The molecule has 2 aliphatic rings. The number of carbonyl (C=O) groups is 2. The van der Waals surface area contributed by atoms with E-state index < -0.39 is 5.60 Å². The molecule has 31 heavy (non-hydrogen) atoms. The van der Waals surface area contributed by atoms with Crippen LogP contribution >= 0.6 is 0 Å². The molecule has 0 N–H and O–H groups in total. The van der Waals surface area contributed by atoms with Crippen LogP contribution in [0, 0.1) is 13.8 Å². The van der Waals surface area contributed by atoms with Gasteiger partial charge in [0, 0.05) is 43.7 Å². The minimum atomic E-state index is -0.410. The van der Waals surface area contributed by atoms with Gasteiger partial charge in [-0.05, 0) is 33.1 Å².